The second-order valence-electron chi connectivity index (χ2n) is 4.76. The van der Waals surface area contributed by atoms with Crippen LogP contribution in [0.2, 0.25) is 0 Å². The molecule has 0 radical (unpaired) electrons. The molecule has 0 aromatic heterocycles. The van der Waals surface area contributed by atoms with E-state index in [1.54, 1.807) is 0 Å². The molecule has 1 heterocycles. The molecule has 0 aliphatic carbocycles. The molecule has 1 amide bonds. The Hall–Kier alpha value is -2.73. The van der Waals surface area contributed by atoms with Gasteiger partial charge < -0.3 is 19.2 Å². The number of rotatable bonds is 5. The molecule has 1 aliphatic heterocycles. The van der Waals surface area contributed by atoms with E-state index in [9.17, 15) is 9.59 Å². The smallest absolute Gasteiger partial charge is 0.255 e. The average Bonchev–Trinajstić information content (AvgIpc) is 3.02. The van der Waals surface area contributed by atoms with Crippen LogP contribution in [-0.2, 0) is 4.79 Å². The number of azide groups is 1. The molecule has 1 fully saturated rings. The highest BCUT2D eigenvalue weighted by atomic mass is 16.5. The molecule has 116 valence electrons. The highest BCUT2D eigenvalue weighted by Gasteiger charge is 2.30. The van der Waals surface area contributed by atoms with E-state index < -0.39 is 6.04 Å². The van der Waals surface area contributed by atoms with Gasteiger partial charge in [0.15, 0.2) is 11.5 Å². The monoisotopic (exact) mass is 304 g/mol. The highest BCUT2D eigenvalue weighted by Crippen LogP contribution is 2.36. The summed E-state index contributed by atoms with van der Waals surface area (Å²) in [6.45, 7) is 0.492. The quantitative estimate of drug-likeness (QED) is 0.360. The van der Waals surface area contributed by atoms with Crippen LogP contribution >= 0.6 is 0 Å². The molecule has 1 atom stereocenters. The molecular weight excluding hydrogens is 288 g/mol. The maximum absolute atomic E-state index is 12.7. The first-order chi connectivity index (χ1) is 10.7. The fourth-order valence-corrected chi connectivity index (χ4v) is 2.51. The standard InChI is InChI=1S/C14H16N4O4/c1-21-12-6-10(11(16-17-15)7-13(12)22-2)14(20)18-5-3-4-9(18)8-19/h6-9H,3-5H2,1-2H3/t9-/m0/s1. The van der Waals surface area contributed by atoms with Crippen molar-refractivity contribution < 1.29 is 19.1 Å². The van der Waals surface area contributed by atoms with Gasteiger partial charge in [0.25, 0.3) is 5.91 Å². The van der Waals surface area contributed by atoms with Crippen LogP contribution in [0.5, 0.6) is 11.5 Å². The fourth-order valence-electron chi connectivity index (χ4n) is 2.51. The molecule has 0 bridgehead atoms. The number of likely N-dealkylation sites (tertiary alicyclic amines) is 1. The number of carbonyl (C=O) groups is 2. The number of aldehydes is 1. The van der Waals surface area contributed by atoms with Gasteiger partial charge in [0.1, 0.15) is 6.29 Å². The van der Waals surface area contributed by atoms with Gasteiger partial charge in [-0.2, -0.15) is 0 Å². The minimum absolute atomic E-state index is 0.140. The van der Waals surface area contributed by atoms with E-state index in [1.807, 2.05) is 0 Å². The molecule has 0 unspecified atom stereocenters. The van der Waals surface area contributed by atoms with Crippen molar-refractivity contribution in [3.63, 3.8) is 0 Å². The first-order valence-electron chi connectivity index (χ1n) is 6.73. The van der Waals surface area contributed by atoms with Crippen molar-refractivity contribution in [2.24, 2.45) is 5.11 Å². The summed E-state index contributed by atoms with van der Waals surface area (Å²) in [5.41, 5.74) is 9.01. The number of hydrogen-bond donors (Lipinski definition) is 0. The van der Waals surface area contributed by atoms with E-state index in [2.05, 4.69) is 10.0 Å². The number of nitrogens with zero attached hydrogens (tertiary/aromatic N) is 4. The molecule has 0 saturated carbocycles. The first kappa shape index (κ1) is 15.7. The lowest BCUT2D eigenvalue weighted by Crippen LogP contribution is -2.36. The number of benzene rings is 1. The molecule has 1 saturated heterocycles. The predicted octanol–water partition coefficient (Wildman–Crippen LogP) is 2.45. The Balaban J connectivity index is 2.50. The fraction of sp³-hybridized carbons (Fsp3) is 0.429. The zero-order chi connectivity index (χ0) is 16.1. The lowest BCUT2D eigenvalue weighted by Gasteiger charge is -2.22. The summed E-state index contributed by atoms with van der Waals surface area (Å²) in [5.74, 6) is 0.345. The van der Waals surface area contributed by atoms with Crippen LogP contribution in [0.1, 0.15) is 23.2 Å². The molecule has 8 heteroatoms. The third-order valence-electron chi connectivity index (χ3n) is 3.60. The van der Waals surface area contributed by atoms with Gasteiger partial charge in [-0.25, -0.2) is 0 Å². The Bertz CT molecular complexity index is 640. The van der Waals surface area contributed by atoms with Gasteiger partial charge in [-0.1, -0.05) is 5.11 Å². The summed E-state index contributed by atoms with van der Waals surface area (Å²) in [7, 11) is 2.89. The van der Waals surface area contributed by atoms with Crippen LogP contribution in [0.3, 0.4) is 0 Å². The molecule has 1 aromatic rings. The summed E-state index contributed by atoms with van der Waals surface area (Å²) in [5, 5.41) is 3.54. The summed E-state index contributed by atoms with van der Waals surface area (Å²) in [6, 6.07) is 2.46. The van der Waals surface area contributed by atoms with E-state index in [1.165, 1.54) is 31.3 Å². The molecule has 0 spiro atoms. The molecular formula is C14H16N4O4. The predicted molar refractivity (Wildman–Crippen MR) is 78.5 cm³/mol. The minimum Gasteiger partial charge on any atom is -0.493 e. The van der Waals surface area contributed by atoms with Crippen molar-refractivity contribution in [1.82, 2.24) is 4.90 Å². The van der Waals surface area contributed by atoms with Crippen molar-refractivity contribution >= 4 is 17.9 Å². The number of ether oxygens (including phenoxy) is 2. The van der Waals surface area contributed by atoms with E-state index in [4.69, 9.17) is 15.0 Å². The van der Waals surface area contributed by atoms with Gasteiger partial charge in [-0.3, -0.25) is 4.79 Å². The summed E-state index contributed by atoms with van der Waals surface area (Å²) in [4.78, 5) is 27.9. The average molecular weight is 304 g/mol. The third-order valence-corrected chi connectivity index (χ3v) is 3.60. The van der Waals surface area contributed by atoms with Crippen LogP contribution in [0.25, 0.3) is 10.4 Å². The number of hydrogen-bond acceptors (Lipinski definition) is 5. The van der Waals surface area contributed by atoms with Gasteiger partial charge in [-0.15, -0.1) is 0 Å². The SMILES string of the molecule is COc1cc(N=[N+]=[N-])c(C(=O)N2CCC[C@H]2C=O)cc1OC. The van der Waals surface area contributed by atoms with E-state index in [0.717, 1.165) is 12.7 Å². The summed E-state index contributed by atoms with van der Waals surface area (Å²) >= 11 is 0. The largest absolute Gasteiger partial charge is 0.493 e. The Morgan fingerprint density at radius 3 is 2.68 bits per heavy atom. The van der Waals surface area contributed by atoms with Gasteiger partial charge >= 0.3 is 0 Å². The van der Waals surface area contributed by atoms with Crippen LogP contribution in [0.15, 0.2) is 17.2 Å². The minimum atomic E-state index is -0.445. The van der Waals surface area contributed by atoms with Crippen LogP contribution in [-0.4, -0.2) is 43.9 Å². The summed E-state index contributed by atoms with van der Waals surface area (Å²) < 4.78 is 10.3. The van der Waals surface area contributed by atoms with Crippen LogP contribution in [0.4, 0.5) is 5.69 Å². The van der Waals surface area contributed by atoms with E-state index >= 15 is 0 Å². The zero-order valence-corrected chi connectivity index (χ0v) is 12.4. The number of carbonyl (C=O) groups excluding carboxylic acids is 2. The first-order valence-corrected chi connectivity index (χ1v) is 6.73. The molecule has 1 aromatic carbocycles. The van der Waals surface area contributed by atoms with Crippen molar-refractivity contribution in [2.75, 3.05) is 20.8 Å². The van der Waals surface area contributed by atoms with Gasteiger partial charge in [0.05, 0.1) is 31.5 Å². The van der Waals surface area contributed by atoms with Gasteiger partial charge in [0, 0.05) is 11.5 Å². The number of amides is 1. The maximum atomic E-state index is 12.7. The molecule has 0 N–H and O–H groups in total. The summed E-state index contributed by atoms with van der Waals surface area (Å²) in [6.07, 6.45) is 2.16. The lowest BCUT2D eigenvalue weighted by atomic mass is 10.1. The second kappa shape index (κ2) is 6.82. The van der Waals surface area contributed by atoms with E-state index in [-0.39, 0.29) is 17.2 Å². The Morgan fingerprint density at radius 1 is 1.41 bits per heavy atom. The Labute approximate surface area is 127 Å². The van der Waals surface area contributed by atoms with Gasteiger partial charge in [0.2, 0.25) is 0 Å². The molecule has 2 rings (SSSR count). The zero-order valence-electron chi connectivity index (χ0n) is 12.4. The van der Waals surface area contributed by atoms with Crippen molar-refractivity contribution in [1.29, 1.82) is 0 Å². The van der Waals surface area contributed by atoms with Crippen molar-refractivity contribution in [3.8, 4) is 11.5 Å². The molecule has 22 heavy (non-hydrogen) atoms. The normalized spacial score (nSPS) is 16.8. The highest BCUT2D eigenvalue weighted by molar-refractivity contribution is 6.01. The third kappa shape index (κ3) is 2.82. The lowest BCUT2D eigenvalue weighted by molar-refractivity contribution is -0.111. The van der Waals surface area contributed by atoms with Crippen LogP contribution in [0, 0.1) is 0 Å². The van der Waals surface area contributed by atoms with Crippen LogP contribution < -0.4 is 9.47 Å². The van der Waals surface area contributed by atoms with E-state index in [0.29, 0.717) is 24.5 Å². The van der Waals surface area contributed by atoms with Gasteiger partial charge in [-0.05, 0) is 30.5 Å². The topological polar surface area (TPSA) is 105 Å². The molecule has 1 aliphatic rings. The maximum Gasteiger partial charge on any atom is 0.255 e. The van der Waals surface area contributed by atoms with Crippen molar-refractivity contribution in [3.05, 3.63) is 28.1 Å². The Morgan fingerprint density at radius 2 is 2.09 bits per heavy atom. The van der Waals surface area contributed by atoms with Crippen molar-refractivity contribution in [2.45, 2.75) is 18.9 Å². The number of methoxy groups -OCH3 is 2. The molecule has 8 nitrogen and oxygen atoms in total. The second-order valence-corrected chi connectivity index (χ2v) is 4.76. The Kier molecular flexibility index (Phi) is 4.85.